The predicted octanol–water partition coefficient (Wildman–Crippen LogP) is 4.56. The highest BCUT2D eigenvalue weighted by molar-refractivity contribution is 7.99. The number of nitrogens with one attached hydrogen (secondary N) is 1. The van der Waals surface area contributed by atoms with Gasteiger partial charge in [-0.25, -0.2) is 4.39 Å². The fourth-order valence-corrected chi connectivity index (χ4v) is 3.66. The fraction of sp³-hybridized carbons (Fsp3) is 0.684. The van der Waals surface area contributed by atoms with Crippen LogP contribution in [0.3, 0.4) is 0 Å². The Hall–Kier alpha value is -0.580. The van der Waals surface area contributed by atoms with Crippen molar-refractivity contribution in [3.8, 4) is 0 Å². The van der Waals surface area contributed by atoms with E-state index in [1.807, 2.05) is 20.2 Å². The number of allylic oxidation sites excluding steroid dienone is 4. The van der Waals surface area contributed by atoms with Crippen LogP contribution in [0.2, 0.25) is 0 Å². The Morgan fingerprint density at radius 2 is 2.17 bits per heavy atom. The van der Waals surface area contributed by atoms with Crippen molar-refractivity contribution in [2.45, 2.75) is 51.3 Å². The summed E-state index contributed by atoms with van der Waals surface area (Å²) in [6.07, 6.45) is 11.2. The Balaban J connectivity index is 2.50. The van der Waals surface area contributed by atoms with E-state index in [2.05, 4.69) is 36.2 Å². The van der Waals surface area contributed by atoms with Gasteiger partial charge in [0, 0.05) is 24.4 Å². The van der Waals surface area contributed by atoms with E-state index in [-0.39, 0.29) is 11.1 Å². The van der Waals surface area contributed by atoms with Gasteiger partial charge < -0.3 is 5.32 Å². The summed E-state index contributed by atoms with van der Waals surface area (Å²) in [6.45, 7) is 9.60. The molecule has 0 aromatic carbocycles. The molecule has 0 bridgehead atoms. The predicted molar refractivity (Wildman–Crippen MR) is 103 cm³/mol. The van der Waals surface area contributed by atoms with E-state index < -0.39 is 0 Å². The van der Waals surface area contributed by atoms with Gasteiger partial charge in [-0.15, -0.1) is 0 Å². The summed E-state index contributed by atoms with van der Waals surface area (Å²) in [6, 6.07) is 0.574. The van der Waals surface area contributed by atoms with Crippen LogP contribution in [0.5, 0.6) is 0 Å². The van der Waals surface area contributed by atoms with Crippen LogP contribution in [-0.4, -0.2) is 49.1 Å². The largest absolute Gasteiger partial charge is 0.318 e. The average Bonchev–Trinajstić information content (AvgIpc) is 2.67. The Morgan fingerprint density at radius 3 is 2.78 bits per heavy atom. The monoisotopic (exact) mass is 340 g/mol. The summed E-state index contributed by atoms with van der Waals surface area (Å²) in [4.78, 5) is 2.50. The van der Waals surface area contributed by atoms with Crippen LogP contribution in [0.4, 0.5) is 4.39 Å². The minimum absolute atomic E-state index is 0.0541. The number of likely N-dealkylation sites (N-methyl/N-ethyl adjacent to an activating group) is 2. The lowest BCUT2D eigenvalue weighted by atomic mass is 10.0. The first-order valence-corrected chi connectivity index (χ1v) is 9.98. The van der Waals surface area contributed by atoms with Crippen LogP contribution < -0.4 is 5.32 Å². The van der Waals surface area contributed by atoms with Gasteiger partial charge in [-0.3, -0.25) is 4.90 Å². The lowest BCUT2D eigenvalue weighted by molar-refractivity contribution is 0.209. The SMILES string of the molecule is CCN(CCNC)C(C)CCCC1=CC(F)=C(C)C(SC)C=C1. The first kappa shape index (κ1) is 20.5. The maximum absolute atomic E-state index is 14.2. The summed E-state index contributed by atoms with van der Waals surface area (Å²) in [7, 11) is 2.00. The van der Waals surface area contributed by atoms with Crippen LogP contribution in [0.1, 0.15) is 40.0 Å². The highest BCUT2D eigenvalue weighted by Crippen LogP contribution is 2.28. The zero-order valence-electron chi connectivity index (χ0n) is 15.4. The number of halogens is 1. The Labute approximate surface area is 146 Å². The number of hydrogen-bond donors (Lipinski definition) is 1. The van der Waals surface area contributed by atoms with Gasteiger partial charge in [0.15, 0.2) is 0 Å². The number of hydrogen-bond acceptors (Lipinski definition) is 3. The molecule has 0 aromatic rings. The van der Waals surface area contributed by atoms with Crippen molar-refractivity contribution >= 4 is 11.8 Å². The minimum Gasteiger partial charge on any atom is -0.318 e. The molecule has 23 heavy (non-hydrogen) atoms. The van der Waals surface area contributed by atoms with Gasteiger partial charge >= 0.3 is 0 Å². The summed E-state index contributed by atoms with van der Waals surface area (Å²) < 4.78 is 14.2. The summed E-state index contributed by atoms with van der Waals surface area (Å²) in [5.74, 6) is -0.0541. The zero-order valence-corrected chi connectivity index (χ0v) is 16.2. The Kier molecular flexibility index (Phi) is 9.84. The molecule has 0 heterocycles. The molecule has 0 saturated carbocycles. The van der Waals surface area contributed by atoms with Crippen LogP contribution in [0.25, 0.3) is 0 Å². The third kappa shape index (κ3) is 6.82. The molecule has 1 rings (SSSR count). The van der Waals surface area contributed by atoms with Crippen LogP contribution >= 0.6 is 11.8 Å². The number of thioether (sulfide) groups is 1. The molecule has 0 aliphatic heterocycles. The normalized spacial score (nSPS) is 20.0. The minimum atomic E-state index is -0.0541. The van der Waals surface area contributed by atoms with E-state index in [9.17, 15) is 4.39 Å². The van der Waals surface area contributed by atoms with Crippen molar-refractivity contribution in [2.24, 2.45) is 0 Å². The van der Waals surface area contributed by atoms with E-state index in [1.165, 1.54) is 0 Å². The topological polar surface area (TPSA) is 15.3 Å². The third-order valence-electron chi connectivity index (χ3n) is 4.62. The van der Waals surface area contributed by atoms with Gasteiger partial charge in [-0.05, 0) is 70.2 Å². The highest BCUT2D eigenvalue weighted by Gasteiger charge is 2.15. The van der Waals surface area contributed by atoms with E-state index in [4.69, 9.17) is 0 Å². The molecule has 0 saturated heterocycles. The van der Waals surface area contributed by atoms with Gasteiger partial charge in [0.25, 0.3) is 0 Å². The van der Waals surface area contributed by atoms with Crippen molar-refractivity contribution in [3.63, 3.8) is 0 Å². The molecule has 0 fully saturated rings. The molecule has 1 aliphatic carbocycles. The molecule has 132 valence electrons. The molecule has 0 radical (unpaired) electrons. The van der Waals surface area contributed by atoms with Crippen molar-refractivity contribution in [2.75, 3.05) is 32.9 Å². The van der Waals surface area contributed by atoms with Crippen LogP contribution in [-0.2, 0) is 0 Å². The maximum Gasteiger partial charge on any atom is 0.123 e. The molecule has 1 aliphatic rings. The molecule has 0 spiro atoms. The van der Waals surface area contributed by atoms with Crippen LogP contribution in [0.15, 0.2) is 35.2 Å². The molecular weight excluding hydrogens is 307 g/mol. The van der Waals surface area contributed by atoms with Gasteiger partial charge in [-0.2, -0.15) is 11.8 Å². The molecule has 0 amide bonds. The van der Waals surface area contributed by atoms with Crippen molar-refractivity contribution in [1.29, 1.82) is 0 Å². The molecule has 2 nitrogen and oxygen atoms in total. The quantitative estimate of drug-likeness (QED) is 0.628. The van der Waals surface area contributed by atoms with Gasteiger partial charge in [0.2, 0.25) is 0 Å². The van der Waals surface area contributed by atoms with E-state index in [0.717, 1.165) is 50.0 Å². The standard InChI is InChI=1S/C19H33FN2S/c1-6-22(13-12-21-4)15(2)8-7-9-17-10-11-19(23-5)16(3)18(20)14-17/h10-11,14-15,19,21H,6-9,12-13H2,1-5H3. The Morgan fingerprint density at radius 1 is 1.43 bits per heavy atom. The lowest BCUT2D eigenvalue weighted by Gasteiger charge is -2.27. The van der Waals surface area contributed by atoms with Gasteiger partial charge in [0.1, 0.15) is 5.83 Å². The summed E-state index contributed by atoms with van der Waals surface area (Å²) in [5.41, 5.74) is 1.95. The summed E-state index contributed by atoms with van der Waals surface area (Å²) in [5, 5.41) is 3.38. The van der Waals surface area contributed by atoms with Crippen molar-refractivity contribution in [1.82, 2.24) is 10.2 Å². The number of nitrogens with zero attached hydrogens (tertiary/aromatic N) is 1. The molecule has 0 aromatic heterocycles. The van der Waals surface area contributed by atoms with Crippen molar-refractivity contribution < 1.29 is 4.39 Å². The molecule has 1 N–H and O–H groups in total. The lowest BCUT2D eigenvalue weighted by Crippen LogP contribution is -2.37. The molecular formula is C19H33FN2S. The van der Waals surface area contributed by atoms with E-state index in [0.29, 0.717) is 6.04 Å². The van der Waals surface area contributed by atoms with Gasteiger partial charge in [-0.1, -0.05) is 19.1 Å². The molecule has 2 unspecified atom stereocenters. The second-order valence-electron chi connectivity index (χ2n) is 6.24. The van der Waals surface area contributed by atoms with E-state index >= 15 is 0 Å². The fourth-order valence-electron chi connectivity index (χ4n) is 2.96. The Bertz CT molecular complexity index is 443. The van der Waals surface area contributed by atoms with Crippen molar-refractivity contribution in [3.05, 3.63) is 35.2 Å². The third-order valence-corrected chi connectivity index (χ3v) is 5.64. The second-order valence-corrected chi connectivity index (χ2v) is 7.22. The second kappa shape index (κ2) is 11.1. The highest BCUT2D eigenvalue weighted by atomic mass is 32.2. The molecule has 4 heteroatoms. The van der Waals surface area contributed by atoms with Gasteiger partial charge in [0.05, 0.1) is 0 Å². The summed E-state index contributed by atoms with van der Waals surface area (Å²) >= 11 is 1.69. The first-order chi connectivity index (χ1) is 11.0. The van der Waals surface area contributed by atoms with E-state index in [1.54, 1.807) is 17.8 Å². The number of rotatable bonds is 10. The zero-order chi connectivity index (χ0) is 17.2. The smallest absolute Gasteiger partial charge is 0.123 e. The molecule has 2 atom stereocenters. The average molecular weight is 341 g/mol. The van der Waals surface area contributed by atoms with Crippen LogP contribution in [0, 0.1) is 0 Å². The maximum atomic E-state index is 14.2. The first-order valence-electron chi connectivity index (χ1n) is 8.69.